The summed E-state index contributed by atoms with van der Waals surface area (Å²) in [6.07, 6.45) is 0. The largest absolute Gasteiger partial charge is 0.367 e. The van der Waals surface area contributed by atoms with Gasteiger partial charge in [-0.3, -0.25) is 0 Å². The summed E-state index contributed by atoms with van der Waals surface area (Å²) in [5.41, 5.74) is 8.75. The number of nitrogens with two attached hydrogens (primary N) is 1. The van der Waals surface area contributed by atoms with E-state index in [2.05, 4.69) is 21.1 Å². The van der Waals surface area contributed by atoms with Gasteiger partial charge in [0.2, 0.25) is 5.88 Å². The van der Waals surface area contributed by atoms with Crippen LogP contribution in [0.3, 0.4) is 0 Å². The summed E-state index contributed by atoms with van der Waals surface area (Å²) in [6, 6.07) is 12.9. The number of aromatic nitrogens is 1. The van der Waals surface area contributed by atoms with Crippen LogP contribution in [0.15, 0.2) is 51.5 Å². The number of anilines is 1. The summed E-state index contributed by atoms with van der Waals surface area (Å²) in [5.74, 6) is 0.225. The molecule has 2 aromatic carbocycles. The van der Waals surface area contributed by atoms with Crippen LogP contribution in [0.25, 0.3) is 22.4 Å². The molecule has 0 aliphatic rings. The highest BCUT2D eigenvalue weighted by Gasteiger charge is 2.20. The minimum atomic E-state index is 0.225. The Balaban J connectivity index is 2.24. The maximum atomic E-state index is 6.33. The van der Waals surface area contributed by atoms with Gasteiger partial charge in [-0.05, 0) is 39.7 Å². The molecule has 0 aliphatic carbocycles. The Morgan fingerprint density at radius 2 is 1.86 bits per heavy atom. The topological polar surface area (TPSA) is 52.0 Å². The van der Waals surface area contributed by atoms with Gasteiger partial charge in [0.25, 0.3) is 0 Å². The molecule has 0 radical (unpaired) electrons. The Hall–Kier alpha value is -1.49. The van der Waals surface area contributed by atoms with Gasteiger partial charge in [0, 0.05) is 15.1 Å². The minimum Gasteiger partial charge on any atom is -0.367 e. The lowest BCUT2D eigenvalue weighted by Crippen LogP contribution is -1.88. The van der Waals surface area contributed by atoms with E-state index in [1.165, 1.54) is 0 Å². The molecular weight excluding hydrogens is 375 g/mol. The molecule has 0 unspecified atom stereocenters. The van der Waals surface area contributed by atoms with Crippen LogP contribution in [0.4, 0.5) is 5.88 Å². The minimum absolute atomic E-state index is 0.225. The van der Waals surface area contributed by atoms with Crippen molar-refractivity contribution in [1.82, 2.24) is 5.16 Å². The van der Waals surface area contributed by atoms with Crippen molar-refractivity contribution in [3.63, 3.8) is 0 Å². The van der Waals surface area contributed by atoms with E-state index in [0.717, 1.165) is 15.6 Å². The fraction of sp³-hybridized carbons (Fsp3) is 0. The highest BCUT2D eigenvalue weighted by molar-refractivity contribution is 9.10. The van der Waals surface area contributed by atoms with Gasteiger partial charge in [-0.1, -0.05) is 52.6 Å². The monoisotopic (exact) mass is 382 g/mol. The van der Waals surface area contributed by atoms with Crippen molar-refractivity contribution in [1.29, 1.82) is 0 Å². The zero-order chi connectivity index (χ0) is 15.0. The van der Waals surface area contributed by atoms with Gasteiger partial charge < -0.3 is 10.3 Å². The molecule has 6 heteroatoms. The second-order valence-electron chi connectivity index (χ2n) is 4.38. The van der Waals surface area contributed by atoms with Crippen LogP contribution < -0.4 is 5.73 Å². The first-order valence-corrected chi connectivity index (χ1v) is 7.58. The molecule has 0 atom stereocenters. The first-order chi connectivity index (χ1) is 10.1. The molecule has 106 valence electrons. The highest BCUT2D eigenvalue weighted by atomic mass is 79.9. The first-order valence-electron chi connectivity index (χ1n) is 6.03. The average molecular weight is 384 g/mol. The molecule has 1 heterocycles. The van der Waals surface area contributed by atoms with Crippen LogP contribution >= 0.6 is 39.1 Å². The van der Waals surface area contributed by atoms with Gasteiger partial charge in [-0.25, -0.2) is 0 Å². The lowest BCUT2D eigenvalue weighted by Gasteiger charge is -2.06. The van der Waals surface area contributed by atoms with Gasteiger partial charge in [0.1, 0.15) is 5.69 Å². The lowest BCUT2D eigenvalue weighted by atomic mass is 10.0. The zero-order valence-electron chi connectivity index (χ0n) is 10.6. The molecule has 0 bridgehead atoms. The zero-order valence-corrected chi connectivity index (χ0v) is 13.7. The van der Waals surface area contributed by atoms with Crippen LogP contribution in [-0.2, 0) is 0 Å². The van der Waals surface area contributed by atoms with Crippen molar-refractivity contribution in [2.75, 3.05) is 5.73 Å². The molecule has 0 spiro atoms. The average Bonchev–Trinajstić information content (AvgIpc) is 2.83. The molecule has 2 N–H and O–H groups in total. The van der Waals surface area contributed by atoms with E-state index in [1.54, 1.807) is 12.1 Å². The Morgan fingerprint density at radius 3 is 2.62 bits per heavy atom. The summed E-state index contributed by atoms with van der Waals surface area (Å²) in [5, 5.41) is 5.21. The number of nitrogen functional groups attached to an aromatic ring is 1. The Kier molecular flexibility index (Phi) is 3.93. The van der Waals surface area contributed by atoms with Crippen molar-refractivity contribution in [2.45, 2.75) is 0 Å². The van der Waals surface area contributed by atoms with E-state index in [9.17, 15) is 0 Å². The van der Waals surface area contributed by atoms with Gasteiger partial charge in [0.15, 0.2) is 0 Å². The van der Waals surface area contributed by atoms with E-state index in [-0.39, 0.29) is 5.88 Å². The molecule has 1 aromatic heterocycles. The molecule has 0 saturated carbocycles. The smallest absolute Gasteiger partial charge is 0.230 e. The molecule has 3 nitrogen and oxygen atoms in total. The predicted molar refractivity (Wildman–Crippen MR) is 89.5 cm³/mol. The number of hydrogen-bond donors (Lipinski definition) is 1. The van der Waals surface area contributed by atoms with Crippen molar-refractivity contribution >= 4 is 45.0 Å². The Morgan fingerprint density at radius 1 is 1.10 bits per heavy atom. The SMILES string of the molecule is Nc1onc(-c2cccc(Br)c2Cl)c1-c1cccc(Cl)c1. The third-order valence-electron chi connectivity index (χ3n) is 3.04. The van der Waals surface area contributed by atoms with E-state index in [1.807, 2.05) is 30.3 Å². The Labute approximate surface area is 139 Å². The third-order valence-corrected chi connectivity index (χ3v) is 4.57. The number of rotatable bonds is 2. The van der Waals surface area contributed by atoms with Crippen LogP contribution in [0.1, 0.15) is 0 Å². The van der Waals surface area contributed by atoms with Crippen molar-refractivity contribution < 1.29 is 4.52 Å². The third kappa shape index (κ3) is 2.67. The van der Waals surface area contributed by atoms with Crippen LogP contribution in [-0.4, -0.2) is 5.16 Å². The molecule has 0 amide bonds. The van der Waals surface area contributed by atoms with Crippen LogP contribution in [0.2, 0.25) is 10.0 Å². The quantitative estimate of drug-likeness (QED) is 0.621. The van der Waals surface area contributed by atoms with E-state index in [4.69, 9.17) is 33.5 Å². The standard InChI is InChI=1S/C15H9BrCl2N2O/c16-11-6-2-5-10(13(11)18)14-12(15(19)21-20-14)8-3-1-4-9(17)7-8/h1-7H,19H2. The highest BCUT2D eigenvalue weighted by Crippen LogP contribution is 2.41. The maximum absolute atomic E-state index is 6.33. The molecule has 3 aromatic rings. The molecule has 0 fully saturated rings. The Bertz CT molecular complexity index is 817. The molecular formula is C15H9BrCl2N2O. The van der Waals surface area contributed by atoms with Gasteiger partial charge in [-0.2, -0.15) is 0 Å². The predicted octanol–water partition coefficient (Wildman–Crippen LogP) is 5.66. The van der Waals surface area contributed by atoms with Crippen molar-refractivity contribution in [3.8, 4) is 22.4 Å². The number of nitrogens with zero attached hydrogens (tertiary/aromatic N) is 1. The van der Waals surface area contributed by atoms with Crippen LogP contribution in [0.5, 0.6) is 0 Å². The molecule has 21 heavy (non-hydrogen) atoms. The lowest BCUT2D eigenvalue weighted by molar-refractivity contribution is 0.439. The first kappa shape index (κ1) is 14.4. The summed E-state index contributed by atoms with van der Waals surface area (Å²) in [4.78, 5) is 0. The molecule has 0 saturated heterocycles. The second kappa shape index (κ2) is 5.72. The fourth-order valence-corrected chi connectivity index (χ4v) is 2.87. The van der Waals surface area contributed by atoms with Gasteiger partial charge in [0.05, 0.1) is 10.6 Å². The normalized spacial score (nSPS) is 10.8. The molecule has 0 aliphatic heterocycles. The summed E-state index contributed by atoms with van der Waals surface area (Å²) in [7, 11) is 0. The fourth-order valence-electron chi connectivity index (χ4n) is 2.10. The van der Waals surface area contributed by atoms with Gasteiger partial charge in [-0.15, -0.1) is 0 Å². The number of halogens is 3. The number of hydrogen-bond acceptors (Lipinski definition) is 3. The van der Waals surface area contributed by atoms with Crippen molar-refractivity contribution in [3.05, 3.63) is 57.0 Å². The number of benzene rings is 2. The van der Waals surface area contributed by atoms with Crippen LogP contribution in [0, 0.1) is 0 Å². The maximum Gasteiger partial charge on any atom is 0.230 e. The van der Waals surface area contributed by atoms with E-state index < -0.39 is 0 Å². The summed E-state index contributed by atoms with van der Waals surface area (Å²) < 4.78 is 5.93. The van der Waals surface area contributed by atoms with E-state index >= 15 is 0 Å². The van der Waals surface area contributed by atoms with Crippen molar-refractivity contribution in [2.24, 2.45) is 0 Å². The summed E-state index contributed by atoms with van der Waals surface area (Å²) >= 11 is 15.8. The van der Waals surface area contributed by atoms with E-state index in [0.29, 0.717) is 21.3 Å². The van der Waals surface area contributed by atoms with Gasteiger partial charge >= 0.3 is 0 Å². The molecule has 3 rings (SSSR count). The second-order valence-corrected chi connectivity index (χ2v) is 6.05. The summed E-state index contributed by atoms with van der Waals surface area (Å²) in [6.45, 7) is 0.